The summed E-state index contributed by atoms with van der Waals surface area (Å²) < 4.78 is 5.52. The summed E-state index contributed by atoms with van der Waals surface area (Å²) in [4.78, 5) is 25.9. The van der Waals surface area contributed by atoms with Gasteiger partial charge in [-0.05, 0) is 68.3 Å². The first kappa shape index (κ1) is 20.8. The zero-order valence-corrected chi connectivity index (χ0v) is 18.3. The van der Waals surface area contributed by atoms with E-state index in [0.717, 1.165) is 47.0 Å². The molecule has 6 nitrogen and oxygen atoms in total. The second kappa shape index (κ2) is 9.16. The summed E-state index contributed by atoms with van der Waals surface area (Å²) in [6.07, 6.45) is 1.60. The molecule has 0 unspecified atom stereocenters. The maximum Gasteiger partial charge on any atom is 0.253 e. The Balaban J connectivity index is 1.42. The fraction of sp³-hybridized carbons (Fsp3) is 0.320. The van der Waals surface area contributed by atoms with Crippen LogP contribution in [0.15, 0.2) is 54.9 Å². The van der Waals surface area contributed by atoms with Crippen molar-refractivity contribution in [1.82, 2.24) is 14.9 Å². The monoisotopic (exact) mass is 416 g/mol. The van der Waals surface area contributed by atoms with Crippen molar-refractivity contribution in [2.75, 3.05) is 37.7 Å². The standard InChI is InChI=1S/C25H28N4O2/c1-4-31-22-9-7-20(8-10-22)23-16-24(27-17-26-23)28-11-13-29(14-12-28)25(30)21-6-5-18(2)19(3)15-21/h5-10,15-17H,4,11-14H2,1-3H3. The molecule has 4 rings (SSSR count). The molecule has 1 aliphatic heterocycles. The lowest BCUT2D eigenvalue weighted by Crippen LogP contribution is -2.49. The Morgan fingerprint density at radius 1 is 0.935 bits per heavy atom. The molecule has 1 aliphatic rings. The van der Waals surface area contributed by atoms with Crippen LogP contribution in [0.25, 0.3) is 11.3 Å². The van der Waals surface area contributed by atoms with E-state index in [0.29, 0.717) is 19.7 Å². The lowest BCUT2D eigenvalue weighted by atomic mass is 10.1. The Hall–Kier alpha value is -3.41. The fourth-order valence-corrected chi connectivity index (χ4v) is 3.76. The second-order valence-corrected chi connectivity index (χ2v) is 7.80. The number of nitrogens with zero attached hydrogens (tertiary/aromatic N) is 4. The zero-order chi connectivity index (χ0) is 21.8. The average molecular weight is 417 g/mol. The topological polar surface area (TPSA) is 58.6 Å². The van der Waals surface area contributed by atoms with Crippen LogP contribution in [-0.4, -0.2) is 53.6 Å². The number of carbonyl (C=O) groups is 1. The Kier molecular flexibility index (Phi) is 6.16. The van der Waals surface area contributed by atoms with Gasteiger partial charge >= 0.3 is 0 Å². The van der Waals surface area contributed by atoms with Crippen molar-refractivity contribution in [3.8, 4) is 17.0 Å². The van der Waals surface area contributed by atoms with Gasteiger partial charge in [-0.3, -0.25) is 4.79 Å². The average Bonchev–Trinajstić information content (AvgIpc) is 2.81. The van der Waals surface area contributed by atoms with Crippen molar-refractivity contribution in [1.29, 1.82) is 0 Å². The van der Waals surface area contributed by atoms with Crippen LogP contribution in [0.3, 0.4) is 0 Å². The lowest BCUT2D eigenvalue weighted by molar-refractivity contribution is 0.0746. The van der Waals surface area contributed by atoms with Gasteiger partial charge in [0.25, 0.3) is 5.91 Å². The maximum absolute atomic E-state index is 12.9. The van der Waals surface area contributed by atoms with E-state index in [-0.39, 0.29) is 5.91 Å². The first-order chi connectivity index (χ1) is 15.0. The third-order valence-electron chi connectivity index (χ3n) is 5.76. The Morgan fingerprint density at radius 3 is 2.35 bits per heavy atom. The largest absolute Gasteiger partial charge is 0.494 e. The van der Waals surface area contributed by atoms with Gasteiger partial charge < -0.3 is 14.5 Å². The minimum atomic E-state index is 0.0977. The predicted octanol–water partition coefficient (Wildman–Crippen LogP) is 4.12. The van der Waals surface area contributed by atoms with E-state index in [1.807, 2.05) is 67.3 Å². The van der Waals surface area contributed by atoms with Crippen molar-refractivity contribution >= 4 is 11.7 Å². The van der Waals surface area contributed by atoms with Gasteiger partial charge in [0.05, 0.1) is 12.3 Å². The highest BCUT2D eigenvalue weighted by Gasteiger charge is 2.23. The van der Waals surface area contributed by atoms with Crippen molar-refractivity contribution in [2.45, 2.75) is 20.8 Å². The van der Waals surface area contributed by atoms with E-state index < -0.39 is 0 Å². The van der Waals surface area contributed by atoms with Crippen molar-refractivity contribution < 1.29 is 9.53 Å². The van der Waals surface area contributed by atoms with Gasteiger partial charge in [-0.2, -0.15) is 0 Å². The second-order valence-electron chi connectivity index (χ2n) is 7.80. The number of rotatable bonds is 5. The number of aryl methyl sites for hydroxylation is 2. The number of anilines is 1. The van der Waals surface area contributed by atoms with E-state index in [1.165, 1.54) is 5.56 Å². The van der Waals surface area contributed by atoms with E-state index in [2.05, 4.69) is 21.8 Å². The molecular weight excluding hydrogens is 388 g/mol. The molecule has 31 heavy (non-hydrogen) atoms. The van der Waals surface area contributed by atoms with Crippen LogP contribution in [-0.2, 0) is 0 Å². The van der Waals surface area contributed by atoms with E-state index in [1.54, 1.807) is 6.33 Å². The summed E-state index contributed by atoms with van der Waals surface area (Å²) in [6, 6.07) is 15.9. The van der Waals surface area contributed by atoms with E-state index in [4.69, 9.17) is 4.74 Å². The summed E-state index contributed by atoms with van der Waals surface area (Å²) in [6.45, 7) is 9.57. The first-order valence-electron chi connectivity index (χ1n) is 10.7. The van der Waals surface area contributed by atoms with Gasteiger partial charge in [0.2, 0.25) is 0 Å². The number of piperazine rings is 1. The molecule has 2 aromatic carbocycles. The summed E-state index contributed by atoms with van der Waals surface area (Å²) in [7, 11) is 0. The lowest BCUT2D eigenvalue weighted by Gasteiger charge is -2.35. The number of aromatic nitrogens is 2. The van der Waals surface area contributed by atoms with Gasteiger partial charge in [-0.15, -0.1) is 0 Å². The van der Waals surface area contributed by atoms with Crippen LogP contribution in [0.1, 0.15) is 28.4 Å². The summed E-state index contributed by atoms with van der Waals surface area (Å²) in [5.41, 5.74) is 5.01. The fourth-order valence-electron chi connectivity index (χ4n) is 3.76. The van der Waals surface area contributed by atoms with Crippen LogP contribution in [0.2, 0.25) is 0 Å². The van der Waals surface area contributed by atoms with Crippen LogP contribution in [0, 0.1) is 13.8 Å². The normalized spacial score (nSPS) is 13.9. The summed E-state index contributed by atoms with van der Waals surface area (Å²) >= 11 is 0. The number of carbonyl (C=O) groups excluding carboxylic acids is 1. The van der Waals surface area contributed by atoms with Crippen molar-refractivity contribution in [3.05, 3.63) is 71.5 Å². The third-order valence-corrected chi connectivity index (χ3v) is 5.76. The molecule has 1 aromatic heterocycles. The molecule has 3 aromatic rings. The highest BCUT2D eigenvalue weighted by atomic mass is 16.5. The van der Waals surface area contributed by atoms with Crippen molar-refractivity contribution in [2.24, 2.45) is 0 Å². The Labute approximate surface area is 183 Å². The van der Waals surface area contributed by atoms with Gasteiger partial charge in [-0.1, -0.05) is 6.07 Å². The smallest absolute Gasteiger partial charge is 0.253 e. The van der Waals surface area contributed by atoms with Gasteiger partial charge in [0.15, 0.2) is 0 Å². The molecule has 0 atom stereocenters. The molecule has 0 aliphatic carbocycles. The van der Waals surface area contributed by atoms with Crippen LogP contribution in [0.5, 0.6) is 5.75 Å². The molecular formula is C25H28N4O2. The number of ether oxygens (including phenoxy) is 1. The number of hydrogen-bond acceptors (Lipinski definition) is 5. The molecule has 1 amide bonds. The molecule has 6 heteroatoms. The molecule has 0 saturated carbocycles. The molecule has 0 N–H and O–H groups in total. The summed E-state index contributed by atoms with van der Waals surface area (Å²) in [5, 5.41) is 0. The third kappa shape index (κ3) is 4.68. The highest BCUT2D eigenvalue weighted by molar-refractivity contribution is 5.94. The van der Waals surface area contributed by atoms with Gasteiger partial charge in [0.1, 0.15) is 17.9 Å². The molecule has 0 spiro atoms. The maximum atomic E-state index is 12.9. The van der Waals surface area contributed by atoms with Gasteiger partial charge in [0, 0.05) is 43.4 Å². The molecule has 0 radical (unpaired) electrons. The molecule has 2 heterocycles. The Morgan fingerprint density at radius 2 is 1.68 bits per heavy atom. The number of hydrogen-bond donors (Lipinski definition) is 0. The molecule has 0 bridgehead atoms. The molecule has 1 saturated heterocycles. The molecule has 1 fully saturated rings. The van der Waals surface area contributed by atoms with Crippen molar-refractivity contribution in [3.63, 3.8) is 0 Å². The minimum Gasteiger partial charge on any atom is -0.494 e. The quantitative estimate of drug-likeness (QED) is 0.626. The van der Waals surface area contributed by atoms with Crippen LogP contribution >= 0.6 is 0 Å². The number of benzene rings is 2. The first-order valence-corrected chi connectivity index (χ1v) is 10.7. The summed E-state index contributed by atoms with van der Waals surface area (Å²) in [5.74, 6) is 1.84. The van der Waals surface area contributed by atoms with Gasteiger partial charge in [-0.25, -0.2) is 9.97 Å². The minimum absolute atomic E-state index is 0.0977. The number of amides is 1. The predicted molar refractivity (Wildman–Crippen MR) is 123 cm³/mol. The van der Waals surface area contributed by atoms with Crippen LogP contribution < -0.4 is 9.64 Å². The van der Waals surface area contributed by atoms with E-state index in [9.17, 15) is 4.79 Å². The SMILES string of the molecule is CCOc1ccc(-c2cc(N3CCN(C(=O)c4ccc(C)c(C)c4)CC3)ncn2)cc1. The van der Waals surface area contributed by atoms with Crippen LogP contribution in [0.4, 0.5) is 5.82 Å². The highest BCUT2D eigenvalue weighted by Crippen LogP contribution is 2.24. The Bertz CT molecular complexity index is 1060. The molecule has 160 valence electrons. The zero-order valence-electron chi connectivity index (χ0n) is 18.3. The van der Waals surface area contributed by atoms with E-state index >= 15 is 0 Å².